The molecule has 1 aliphatic carbocycles. The topological polar surface area (TPSA) is 21.3 Å². The van der Waals surface area contributed by atoms with E-state index in [0.29, 0.717) is 12.1 Å². The van der Waals surface area contributed by atoms with Gasteiger partial charge in [-0.2, -0.15) is 0 Å². The average Bonchev–Trinajstić information content (AvgIpc) is 3.26. The van der Waals surface area contributed by atoms with E-state index in [1.165, 1.54) is 37.7 Å². The van der Waals surface area contributed by atoms with Gasteiger partial charge in [0.2, 0.25) is 0 Å². The molecule has 0 aromatic heterocycles. The van der Waals surface area contributed by atoms with Crippen LogP contribution in [0, 0.1) is 5.92 Å². The Balaban J connectivity index is 1.57. The SMILES string of the molecule is c1ccc([C@H](NC[C@H]2CCCCO2)C2CC2)cc1. The van der Waals surface area contributed by atoms with Crippen molar-refractivity contribution in [2.75, 3.05) is 13.2 Å². The first-order valence-electron chi connectivity index (χ1n) is 7.33. The maximum Gasteiger partial charge on any atom is 0.0699 e. The molecule has 2 heteroatoms. The first kappa shape index (κ1) is 12.2. The van der Waals surface area contributed by atoms with E-state index in [2.05, 4.69) is 35.6 Å². The highest BCUT2D eigenvalue weighted by Crippen LogP contribution is 2.40. The third kappa shape index (κ3) is 3.12. The lowest BCUT2D eigenvalue weighted by atomic mass is 10.0. The largest absolute Gasteiger partial charge is 0.377 e. The lowest BCUT2D eigenvalue weighted by Gasteiger charge is -2.26. The predicted molar refractivity (Wildman–Crippen MR) is 73.5 cm³/mol. The molecule has 2 aliphatic rings. The van der Waals surface area contributed by atoms with Gasteiger partial charge in [-0.15, -0.1) is 0 Å². The van der Waals surface area contributed by atoms with E-state index >= 15 is 0 Å². The number of hydrogen-bond donors (Lipinski definition) is 1. The summed E-state index contributed by atoms with van der Waals surface area (Å²) in [5.41, 5.74) is 1.44. The van der Waals surface area contributed by atoms with E-state index in [-0.39, 0.29) is 0 Å². The van der Waals surface area contributed by atoms with E-state index in [1.807, 2.05) is 0 Å². The van der Waals surface area contributed by atoms with E-state index in [1.54, 1.807) is 0 Å². The fourth-order valence-electron chi connectivity index (χ4n) is 2.87. The molecule has 1 aromatic carbocycles. The Kier molecular flexibility index (Phi) is 3.96. The molecule has 1 aliphatic heterocycles. The maximum absolute atomic E-state index is 5.80. The van der Waals surface area contributed by atoms with Crippen molar-refractivity contribution in [1.29, 1.82) is 0 Å². The zero-order valence-corrected chi connectivity index (χ0v) is 11.0. The minimum absolute atomic E-state index is 0.434. The summed E-state index contributed by atoms with van der Waals surface area (Å²) >= 11 is 0. The standard InChI is InChI=1S/C16H23NO/c1-2-6-13(7-3-1)16(14-9-10-14)17-12-15-8-4-5-11-18-15/h1-3,6-7,14-17H,4-5,8-12H2/t15-,16+/m1/s1. The number of rotatable bonds is 5. The van der Waals surface area contributed by atoms with Crippen molar-refractivity contribution in [1.82, 2.24) is 5.32 Å². The molecule has 1 heterocycles. The molecule has 1 saturated carbocycles. The molecule has 2 fully saturated rings. The number of ether oxygens (including phenoxy) is 1. The van der Waals surface area contributed by atoms with Gasteiger partial charge in [0.1, 0.15) is 0 Å². The minimum Gasteiger partial charge on any atom is -0.377 e. The van der Waals surface area contributed by atoms with Crippen LogP contribution in [0.15, 0.2) is 30.3 Å². The first-order valence-corrected chi connectivity index (χ1v) is 7.33. The van der Waals surface area contributed by atoms with Gasteiger partial charge < -0.3 is 10.1 Å². The molecule has 3 rings (SSSR count). The molecule has 2 atom stereocenters. The third-order valence-electron chi connectivity index (χ3n) is 4.09. The van der Waals surface area contributed by atoms with Gasteiger partial charge in [-0.3, -0.25) is 0 Å². The van der Waals surface area contributed by atoms with Crippen molar-refractivity contribution in [3.8, 4) is 0 Å². The number of hydrogen-bond acceptors (Lipinski definition) is 2. The summed E-state index contributed by atoms with van der Waals surface area (Å²) in [6.45, 7) is 1.96. The van der Waals surface area contributed by atoms with Crippen molar-refractivity contribution in [2.24, 2.45) is 5.92 Å². The van der Waals surface area contributed by atoms with E-state index in [0.717, 1.165) is 19.1 Å². The molecule has 0 spiro atoms. The quantitative estimate of drug-likeness (QED) is 0.859. The van der Waals surface area contributed by atoms with Crippen LogP contribution in [0.1, 0.15) is 43.7 Å². The Hall–Kier alpha value is -0.860. The Morgan fingerprint density at radius 1 is 1.11 bits per heavy atom. The van der Waals surface area contributed by atoms with Gasteiger partial charge in [0, 0.05) is 19.2 Å². The van der Waals surface area contributed by atoms with Gasteiger partial charge in [-0.1, -0.05) is 30.3 Å². The normalized spacial score (nSPS) is 25.9. The van der Waals surface area contributed by atoms with Crippen LogP contribution in [0.4, 0.5) is 0 Å². The molecular weight excluding hydrogens is 222 g/mol. The third-order valence-corrected chi connectivity index (χ3v) is 4.09. The Morgan fingerprint density at radius 2 is 1.94 bits per heavy atom. The Labute approximate surface area is 110 Å². The molecule has 98 valence electrons. The van der Waals surface area contributed by atoms with Crippen LogP contribution < -0.4 is 5.32 Å². The van der Waals surface area contributed by atoms with Crippen LogP contribution in [0.2, 0.25) is 0 Å². The molecule has 1 saturated heterocycles. The average molecular weight is 245 g/mol. The maximum atomic E-state index is 5.80. The Bertz CT molecular complexity index is 355. The lowest BCUT2D eigenvalue weighted by Crippen LogP contribution is -2.34. The van der Waals surface area contributed by atoms with Gasteiger partial charge in [0.05, 0.1) is 6.10 Å². The monoisotopic (exact) mass is 245 g/mol. The molecular formula is C16H23NO. The summed E-state index contributed by atoms with van der Waals surface area (Å²) in [5.74, 6) is 0.844. The summed E-state index contributed by atoms with van der Waals surface area (Å²) in [5, 5.41) is 3.74. The zero-order valence-electron chi connectivity index (χ0n) is 11.0. The molecule has 18 heavy (non-hydrogen) atoms. The second kappa shape index (κ2) is 5.85. The minimum atomic E-state index is 0.434. The van der Waals surface area contributed by atoms with Gasteiger partial charge in [-0.25, -0.2) is 0 Å². The highest BCUT2D eigenvalue weighted by molar-refractivity contribution is 5.21. The van der Waals surface area contributed by atoms with Crippen LogP contribution in [0.5, 0.6) is 0 Å². The second-order valence-corrected chi connectivity index (χ2v) is 5.62. The lowest BCUT2D eigenvalue weighted by molar-refractivity contribution is 0.0149. The van der Waals surface area contributed by atoms with Crippen molar-refractivity contribution in [3.05, 3.63) is 35.9 Å². The van der Waals surface area contributed by atoms with Crippen LogP contribution in [0.25, 0.3) is 0 Å². The number of benzene rings is 1. The molecule has 0 unspecified atom stereocenters. The zero-order chi connectivity index (χ0) is 12.2. The van der Waals surface area contributed by atoms with E-state index < -0.39 is 0 Å². The molecule has 0 radical (unpaired) electrons. The number of nitrogens with one attached hydrogen (secondary N) is 1. The van der Waals surface area contributed by atoms with Crippen molar-refractivity contribution < 1.29 is 4.74 Å². The fraction of sp³-hybridized carbons (Fsp3) is 0.625. The first-order chi connectivity index (χ1) is 8.93. The van der Waals surface area contributed by atoms with Gasteiger partial charge >= 0.3 is 0 Å². The van der Waals surface area contributed by atoms with Crippen molar-refractivity contribution in [2.45, 2.75) is 44.2 Å². The molecule has 0 bridgehead atoms. The summed E-state index contributed by atoms with van der Waals surface area (Å²) in [6, 6.07) is 11.4. The van der Waals surface area contributed by atoms with Crippen molar-refractivity contribution in [3.63, 3.8) is 0 Å². The molecule has 0 amide bonds. The van der Waals surface area contributed by atoms with E-state index in [4.69, 9.17) is 4.74 Å². The van der Waals surface area contributed by atoms with Crippen molar-refractivity contribution >= 4 is 0 Å². The van der Waals surface area contributed by atoms with Gasteiger partial charge in [-0.05, 0) is 43.6 Å². The second-order valence-electron chi connectivity index (χ2n) is 5.62. The summed E-state index contributed by atoms with van der Waals surface area (Å²) < 4.78 is 5.80. The fourth-order valence-corrected chi connectivity index (χ4v) is 2.87. The Morgan fingerprint density at radius 3 is 2.61 bits per heavy atom. The molecule has 1 N–H and O–H groups in total. The highest BCUT2D eigenvalue weighted by Gasteiger charge is 2.32. The van der Waals surface area contributed by atoms with Crippen LogP contribution >= 0.6 is 0 Å². The van der Waals surface area contributed by atoms with E-state index in [9.17, 15) is 0 Å². The summed E-state index contributed by atoms with van der Waals surface area (Å²) in [7, 11) is 0. The summed E-state index contributed by atoms with van der Waals surface area (Å²) in [4.78, 5) is 0. The highest BCUT2D eigenvalue weighted by atomic mass is 16.5. The summed E-state index contributed by atoms with van der Waals surface area (Å²) in [6.07, 6.45) is 6.96. The van der Waals surface area contributed by atoms with Crippen LogP contribution in [-0.4, -0.2) is 19.3 Å². The van der Waals surface area contributed by atoms with Crippen LogP contribution in [0.3, 0.4) is 0 Å². The van der Waals surface area contributed by atoms with Gasteiger partial charge in [0.15, 0.2) is 0 Å². The van der Waals surface area contributed by atoms with Crippen LogP contribution in [-0.2, 0) is 4.74 Å². The van der Waals surface area contributed by atoms with Gasteiger partial charge in [0.25, 0.3) is 0 Å². The smallest absolute Gasteiger partial charge is 0.0699 e. The predicted octanol–water partition coefficient (Wildman–Crippen LogP) is 3.30. The molecule has 2 nitrogen and oxygen atoms in total. The molecule has 1 aromatic rings.